The summed E-state index contributed by atoms with van der Waals surface area (Å²) in [6.07, 6.45) is 3.23. The highest BCUT2D eigenvalue weighted by molar-refractivity contribution is 7.89. The number of carbonyl (C=O) groups excluding carboxylic acids is 1. The van der Waals surface area contributed by atoms with Crippen LogP contribution in [0.5, 0.6) is 0 Å². The molecule has 0 aliphatic carbocycles. The first-order valence-electron chi connectivity index (χ1n) is 9.21. The maximum absolute atomic E-state index is 12.5. The molecule has 0 aliphatic rings. The predicted octanol–water partition coefficient (Wildman–Crippen LogP) is 4.36. The molecule has 0 aliphatic heterocycles. The van der Waals surface area contributed by atoms with Crippen LogP contribution in [0.15, 0.2) is 65.6 Å². The molecule has 150 valence electrons. The molecular formula is C23H24N2O3S. The number of benzene rings is 3. The first-order valence-corrected chi connectivity index (χ1v) is 10.6. The fraction of sp³-hybridized carbons (Fsp3) is 0.174. The Morgan fingerprint density at radius 1 is 1.00 bits per heavy atom. The Morgan fingerprint density at radius 2 is 1.69 bits per heavy atom. The van der Waals surface area contributed by atoms with Gasteiger partial charge in [0.15, 0.2) is 0 Å². The second-order valence-electron chi connectivity index (χ2n) is 7.09. The van der Waals surface area contributed by atoms with E-state index < -0.39 is 10.0 Å². The smallest absolute Gasteiger partial charge is 0.248 e. The van der Waals surface area contributed by atoms with E-state index in [0.717, 1.165) is 31.8 Å². The molecule has 0 radical (unpaired) electrons. The molecule has 1 N–H and O–H groups in total. The Morgan fingerprint density at radius 3 is 2.41 bits per heavy atom. The van der Waals surface area contributed by atoms with Crippen molar-refractivity contribution in [3.05, 3.63) is 77.4 Å². The van der Waals surface area contributed by atoms with Gasteiger partial charge in [0.1, 0.15) is 0 Å². The zero-order valence-corrected chi connectivity index (χ0v) is 17.7. The number of anilines is 1. The minimum absolute atomic E-state index is 0.152. The Kier molecular flexibility index (Phi) is 5.86. The molecular weight excluding hydrogens is 384 g/mol. The normalized spacial score (nSPS) is 12.0. The number of nitrogens with one attached hydrogen (secondary N) is 1. The van der Waals surface area contributed by atoms with Gasteiger partial charge < -0.3 is 5.32 Å². The van der Waals surface area contributed by atoms with Gasteiger partial charge >= 0.3 is 0 Å². The van der Waals surface area contributed by atoms with E-state index in [9.17, 15) is 13.2 Å². The van der Waals surface area contributed by atoms with Gasteiger partial charge in [-0.15, -0.1) is 0 Å². The van der Waals surface area contributed by atoms with Crippen LogP contribution in [-0.4, -0.2) is 32.7 Å². The summed E-state index contributed by atoms with van der Waals surface area (Å²) >= 11 is 0. The molecule has 0 unspecified atom stereocenters. The van der Waals surface area contributed by atoms with Crippen molar-refractivity contribution in [3.63, 3.8) is 0 Å². The molecule has 5 nitrogen and oxygen atoms in total. The Hall–Kier alpha value is -2.96. The quantitative estimate of drug-likeness (QED) is 0.638. The molecule has 3 rings (SSSR count). The molecule has 0 aromatic heterocycles. The SMILES string of the molecule is Cc1cc(S(=O)(=O)N(C)C)cc(NC(=O)/C=C/c2cccc3ccccc23)c1C. The Balaban J connectivity index is 1.89. The molecule has 29 heavy (non-hydrogen) atoms. The number of nitrogens with zero attached hydrogens (tertiary/aromatic N) is 1. The van der Waals surface area contributed by atoms with Crippen molar-refractivity contribution in [1.82, 2.24) is 4.31 Å². The van der Waals surface area contributed by atoms with Gasteiger partial charge in [-0.1, -0.05) is 42.5 Å². The van der Waals surface area contributed by atoms with Crippen LogP contribution in [0.3, 0.4) is 0 Å². The van der Waals surface area contributed by atoms with Gasteiger partial charge in [0, 0.05) is 25.9 Å². The van der Waals surface area contributed by atoms with Crippen LogP contribution in [0.2, 0.25) is 0 Å². The van der Waals surface area contributed by atoms with Crippen molar-refractivity contribution in [2.24, 2.45) is 0 Å². The molecule has 0 spiro atoms. The van der Waals surface area contributed by atoms with Crippen molar-refractivity contribution in [2.45, 2.75) is 18.7 Å². The van der Waals surface area contributed by atoms with Crippen molar-refractivity contribution < 1.29 is 13.2 Å². The highest BCUT2D eigenvalue weighted by atomic mass is 32.2. The molecule has 0 heterocycles. The molecule has 0 saturated heterocycles. The topological polar surface area (TPSA) is 66.5 Å². The number of carbonyl (C=O) groups is 1. The second kappa shape index (κ2) is 8.19. The summed E-state index contributed by atoms with van der Waals surface area (Å²) in [4.78, 5) is 12.7. The zero-order valence-electron chi connectivity index (χ0n) is 16.9. The average molecular weight is 409 g/mol. The summed E-state index contributed by atoms with van der Waals surface area (Å²) < 4.78 is 26.1. The fourth-order valence-electron chi connectivity index (χ4n) is 3.05. The monoisotopic (exact) mass is 408 g/mol. The third kappa shape index (κ3) is 4.39. The average Bonchev–Trinajstić information content (AvgIpc) is 2.69. The van der Waals surface area contributed by atoms with Gasteiger partial charge in [-0.05, 0) is 59.5 Å². The molecule has 0 saturated carbocycles. The number of sulfonamides is 1. The summed E-state index contributed by atoms with van der Waals surface area (Å²) in [5.41, 5.74) is 3.05. The van der Waals surface area contributed by atoms with E-state index in [1.54, 1.807) is 12.1 Å². The zero-order chi connectivity index (χ0) is 21.2. The number of aryl methyl sites for hydroxylation is 1. The molecule has 0 fully saturated rings. The number of hydrogen-bond donors (Lipinski definition) is 1. The van der Waals surface area contributed by atoms with Crippen LogP contribution < -0.4 is 5.32 Å². The van der Waals surface area contributed by atoms with E-state index in [1.165, 1.54) is 26.2 Å². The summed E-state index contributed by atoms with van der Waals surface area (Å²) in [6, 6.07) is 17.0. The molecule has 0 bridgehead atoms. The van der Waals surface area contributed by atoms with Crippen molar-refractivity contribution in [2.75, 3.05) is 19.4 Å². The van der Waals surface area contributed by atoms with Crippen LogP contribution in [-0.2, 0) is 14.8 Å². The van der Waals surface area contributed by atoms with Gasteiger partial charge in [-0.2, -0.15) is 0 Å². The van der Waals surface area contributed by atoms with Crippen molar-refractivity contribution in [1.29, 1.82) is 0 Å². The number of fused-ring (bicyclic) bond motifs is 1. The van der Waals surface area contributed by atoms with Crippen molar-refractivity contribution in [3.8, 4) is 0 Å². The Bertz CT molecular complexity index is 1210. The van der Waals surface area contributed by atoms with E-state index in [-0.39, 0.29) is 10.8 Å². The first-order chi connectivity index (χ1) is 13.7. The van der Waals surface area contributed by atoms with Crippen LogP contribution in [0.25, 0.3) is 16.8 Å². The molecule has 3 aromatic carbocycles. The summed E-state index contributed by atoms with van der Waals surface area (Å²) in [6.45, 7) is 3.68. The number of rotatable bonds is 5. The second-order valence-corrected chi connectivity index (χ2v) is 9.24. The largest absolute Gasteiger partial charge is 0.322 e. The minimum atomic E-state index is -3.59. The standard InChI is InChI=1S/C23H24N2O3S/c1-16-14-20(29(27,28)25(3)4)15-22(17(16)2)24-23(26)13-12-19-10-7-9-18-8-5-6-11-21(18)19/h5-15H,1-4H3,(H,24,26)/b13-12+. The van der Waals surface area contributed by atoms with Gasteiger partial charge in [0.05, 0.1) is 4.90 Å². The van der Waals surface area contributed by atoms with Gasteiger partial charge in [-0.3, -0.25) is 4.79 Å². The van der Waals surface area contributed by atoms with Gasteiger partial charge in [-0.25, -0.2) is 12.7 Å². The lowest BCUT2D eigenvalue weighted by atomic mass is 10.0. The van der Waals surface area contributed by atoms with E-state index in [1.807, 2.05) is 56.3 Å². The predicted molar refractivity (Wildman–Crippen MR) is 118 cm³/mol. The van der Waals surface area contributed by atoms with E-state index >= 15 is 0 Å². The lowest BCUT2D eigenvalue weighted by Gasteiger charge is -2.16. The molecule has 6 heteroatoms. The van der Waals surface area contributed by atoms with Gasteiger partial charge in [0.25, 0.3) is 0 Å². The highest BCUT2D eigenvalue weighted by Gasteiger charge is 2.19. The molecule has 3 aromatic rings. The van der Waals surface area contributed by atoms with Crippen molar-refractivity contribution >= 4 is 38.5 Å². The summed E-state index contributed by atoms with van der Waals surface area (Å²) in [5.74, 6) is -0.320. The number of amides is 1. The molecule has 1 amide bonds. The fourth-order valence-corrected chi connectivity index (χ4v) is 4.07. The maximum atomic E-state index is 12.5. The van der Waals surface area contributed by atoms with Crippen LogP contribution >= 0.6 is 0 Å². The minimum Gasteiger partial charge on any atom is -0.322 e. The lowest BCUT2D eigenvalue weighted by Crippen LogP contribution is -2.22. The van der Waals surface area contributed by atoms with E-state index in [2.05, 4.69) is 5.32 Å². The maximum Gasteiger partial charge on any atom is 0.248 e. The van der Waals surface area contributed by atoms with E-state index in [4.69, 9.17) is 0 Å². The van der Waals surface area contributed by atoms with Crippen LogP contribution in [0.1, 0.15) is 16.7 Å². The van der Waals surface area contributed by atoms with Gasteiger partial charge in [0.2, 0.25) is 15.9 Å². The van der Waals surface area contributed by atoms with E-state index in [0.29, 0.717) is 5.69 Å². The Labute approximate surface area is 171 Å². The lowest BCUT2D eigenvalue weighted by molar-refractivity contribution is -0.111. The first kappa shape index (κ1) is 20.8. The third-order valence-corrected chi connectivity index (χ3v) is 6.71. The summed E-state index contributed by atoms with van der Waals surface area (Å²) in [7, 11) is -0.626. The third-order valence-electron chi connectivity index (χ3n) is 4.91. The van der Waals surface area contributed by atoms with Crippen LogP contribution in [0, 0.1) is 13.8 Å². The highest BCUT2D eigenvalue weighted by Crippen LogP contribution is 2.26. The molecule has 0 atom stereocenters. The van der Waals surface area contributed by atoms with Crippen LogP contribution in [0.4, 0.5) is 5.69 Å². The summed E-state index contributed by atoms with van der Waals surface area (Å²) in [5, 5.41) is 4.97. The number of hydrogen-bond acceptors (Lipinski definition) is 3.